The fourth-order valence-corrected chi connectivity index (χ4v) is 4.30. The Bertz CT molecular complexity index is 1040. The van der Waals surface area contributed by atoms with Gasteiger partial charge in [-0.15, -0.1) is 11.3 Å². The van der Waals surface area contributed by atoms with Crippen molar-refractivity contribution in [2.75, 3.05) is 18.5 Å². The lowest BCUT2D eigenvalue weighted by Crippen LogP contribution is -2.29. The topological polar surface area (TPSA) is 71.8 Å². The van der Waals surface area contributed by atoms with Gasteiger partial charge in [-0.3, -0.25) is 10.2 Å². The van der Waals surface area contributed by atoms with Gasteiger partial charge in [-0.2, -0.15) is 0 Å². The SMILES string of the molecule is CCOC(=O)Nc1ccc2c(CN3CCc4sccc4C3)cc(=O)oc2c1. The number of nitrogens with one attached hydrogen (secondary N) is 1. The van der Waals surface area contributed by atoms with Gasteiger partial charge < -0.3 is 9.15 Å². The molecule has 1 amide bonds. The molecule has 0 saturated carbocycles. The first-order chi connectivity index (χ1) is 13.1. The molecule has 140 valence electrons. The average Bonchev–Trinajstić information content (AvgIpc) is 3.09. The van der Waals surface area contributed by atoms with Gasteiger partial charge in [-0.1, -0.05) is 0 Å². The van der Waals surface area contributed by atoms with Crippen molar-refractivity contribution < 1.29 is 13.9 Å². The first kappa shape index (κ1) is 17.8. The molecule has 0 saturated heterocycles. The molecule has 0 spiro atoms. The normalized spacial score (nSPS) is 14.1. The standard InChI is InChI=1S/C20H20N2O4S/c1-2-25-20(24)21-15-3-4-16-14(9-19(23)26-17(16)10-15)12-22-7-5-18-13(11-22)6-8-27-18/h3-4,6,8-10H,2,5,7,11-12H2,1H3,(H,21,24). The Balaban J connectivity index is 1.59. The summed E-state index contributed by atoms with van der Waals surface area (Å²) in [5.41, 5.74) is 2.91. The number of benzene rings is 1. The summed E-state index contributed by atoms with van der Waals surface area (Å²) in [6, 6.07) is 9.05. The highest BCUT2D eigenvalue weighted by Gasteiger charge is 2.18. The van der Waals surface area contributed by atoms with Gasteiger partial charge in [0, 0.05) is 47.7 Å². The summed E-state index contributed by atoms with van der Waals surface area (Å²) in [7, 11) is 0. The molecule has 1 aliphatic heterocycles. The molecule has 0 atom stereocenters. The van der Waals surface area contributed by atoms with Crippen LogP contribution in [-0.4, -0.2) is 24.1 Å². The van der Waals surface area contributed by atoms with Crippen molar-refractivity contribution in [2.45, 2.75) is 26.4 Å². The minimum Gasteiger partial charge on any atom is -0.450 e. The van der Waals surface area contributed by atoms with Gasteiger partial charge in [0.25, 0.3) is 0 Å². The van der Waals surface area contributed by atoms with E-state index in [1.54, 1.807) is 25.1 Å². The number of ether oxygens (including phenoxy) is 1. The van der Waals surface area contributed by atoms with Crippen molar-refractivity contribution >= 4 is 34.1 Å². The van der Waals surface area contributed by atoms with Crippen LogP contribution in [0.2, 0.25) is 0 Å². The fraction of sp³-hybridized carbons (Fsp3) is 0.300. The number of hydrogen-bond donors (Lipinski definition) is 1. The average molecular weight is 384 g/mol. The first-order valence-electron chi connectivity index (χ1n) is 8.90. The molecule has 0 radical (unpaired) electrons. The Labute approximate surface area is 160 Å². The summed E-state index contributed by atoms with van der Waals surface area (Å²) in [6.45, 7) is 4.58. The van der Waals surface area contributed by atoms with Crippen LogP contribution in [0.5, 0.6) is 0 Å². The summed E-state index contributed by atoms with van der Waals surface area (Å²) in [6.07, 6.45) is 0.509. The Kier molecular flexibility index (Phi) is 4.96. The predicted octanol–water partition coefficient (Wildman–Crippen LogP) is 3.98. The second kappa shape index (κ2) is 7.54. The molecule has 7 heteroatoms. The van der Waals surface area contributed by atoms with E-state index in [2.05, 4.69) is 21.7 Å². The van der Waals surface area contributed by atoms with Gasteiger partial charge >= 0.3 is 11.7 Å². The molecule has 27 heavy (non-hydrogen) atoms. The number of thiophene rings is 1. The quantitative estimate of drug-likeness (QED) is 0.689. The Morgan fingerprint density at radius 2 is 2.22 bits per heavy atom. The Morgan fingerprint density at radius 3 is 3.07 bits per heavy atom. The van der Waals surface area contributed by atoms with E-state index in [9.17, 15) is 9.59 Å². The second-order valence-corrected chi connectivity index (χ2v) is 7.48. The Morgan fingerprint density at radius 1 is 1.33 bits per heavy atom. The highest BCUT2D eigenvalue weighted by atomic mass is 32.1. The number of anilines is 1. The zero-order valence-electron chi connectivity index (χ0n) is 15.0. The van der Waals surface area contributed by atoms with Gasteiger partial charge in [0.1, 0.15) is 5.58 Å². The molecule has 0 fully saturated rings. The number of carbonyl (C=O) groups excluding carboxylic acids is 1. The molecule has 0 unspecified atom stereocenters. The number of nitrogens with zero attached hydrogens (tertiary/aromatic N) is 1. The molecule has 4 rings (SSSR count). The van der Waals surface area contributed by atoms with Crippen LogP contribution in [0, 0.1) is 0 Å². The Hall–Kier alpha value is -2.64. The van der Waals surface area contributed by atoms with Gasteiger partial charge in [0.15, 0.2) is 0 Å². The van der Waals surface area contributed by atoms with Gasteiger partial charge in [-0.05, 0) is 48.1 Å². The lowest BCUT2D eigenvalue weighted by atomic mass is 10.1. The van der Waals surface area contributed by atoms with Crippen molar-refractivity contribution in [3.63, 3.8) is 0 Å². The van der Waals surface area contributed by atoms with Crippen LogP contribution < -0.4 is 10.9 Å². The minimum atomic E-state index is -0.532. The first-order valence-corrected chi connectivity index (χ1v) is 9.78. The lowest BCUT2D eigenvalue weighted by Gasteiger charge is -2.27. The molecule has 1 aliphatic rings. The van der Waals surface area contributed by atoms with Crippen molar-refractivity contribution in [1.29, 1.82) is 0 Å². The zero-order valence-corrected chi connectivity index (χ0v) is 15.8. The molecular formula is C20H20N2O4S. The fourth-order valence-electron chi connectivity index (χ4n) is 3.41. The molecular weight excluding hydrogens is 364 g/mol. The number of amides is 1. The number of rotatable bonds is 4. The molecule has 0 bridgehead atoms. The van der Waals surface area contributed by atoms with E-state index < -0.39 is 6.09 Å². The summed E-state index contributed by atoms with van der Waals surface area (Å²) >= 11 is 1.81. The summed E-state index contributed by atoms with van der Waals surface area (Å²) < 4.78 is 10.2. The predicted molar refractivity (Wildman–Crippen MR) is 105 cm³/mol. The largest absolute Gasteiger partial charge is 0.450 e. The van der Waals surface area contributed by atoms with Crippen LogP contribution in [-0.2, 0) is 24.2 Å². The van der Waals surface area contributed by atoms with Crippen molar-refractivity contribution in [3.8, 4) is 0 Å². The summed E-state index contributed by atoms with van der Waals surface area (Å²) in [5.74, 6) is 0. The highest BCUT2D eigenvalue weighted by molar-refractivity contribution is 7.10. The minimum absolute atomic E-state index is 0.292. The molecule has 6 nitrogen and oxygen atoms in total. The summed E-state index contributed by atoms with van der Waals surface area (Å²) in [4.78, 5) is 27.4. The monoisotopic (exact) mass is 384 g/mol. The highest BCUT2D eigenvalue weighted by Crippen LogP contribution is 2.27. The van der Waals surface area contributed by atoms with E-state index in [0.29, 0.717) is 24.4 Å². The second-order valence-electron chi connectivity index (χ2n) is 6.48. The van der Waals surface area contributed by atoms with E-state index in [1.165, 1.54) is 10.4 Å². The van der Waals surface area contributed by atoms with Crippen LogP contribution in [0.25, 0.3) is 11.0 Å². The summed E-state index contributed by atoms with van der Waals surface area (Å²) in [5, 5.41) is 5.64. The van der Waals surface area contributed by atoms with Crippen LogP contribution in [0.15, 0.2) is 44.9 Å². The number of fused-ring (bicyclic) bond motifs is 2. The maximum atomic E-state index is 12.0. The van der Waals surface area contributed by atoms with E-state index in [4.69, 9.17) is 9.15 Å². The van der Waals surface area contributed by atoms with Crippen molar-refractivity contribution in [2.24, 2.45) is 0 Å². The van der Waals surface area contributed by atoms with E-state index in [-0.39, 0.29) is 5.63 Å². The van der Waals surface area contributed by atoms with Gasteiger partial charge in [0.05, 0.1) is 6.61 Å². The van der Waals surface area contributed by atoms with E-state index in [0.717, 1.165) is 30.5 Å². The van der Waals surface area contributed by atoms with E-state index in [1.807, 2.05) is 17.4 Å². The van der Waals surface area contributed by atoms with E-state index >= 15 is 0 Å². The zero-order chi connectivity index (χ0) is 18.8. The molecule has 0 aliphatic carbocycles. The van der Waals surface area contributed by atoms with Crippen LogP contribution in [0.3, 0.4) is 0 Å². The number of carbonyl (C=O) groups is 1. The third kappa shape index (κ3) is 3.89. The molecule has 1 aromatic carbocycles. The molecule has 3 heterocycles. The van der Waals surface area contributed by atoms with Crippen molar-refractivity contribution in [1.82, 2.24) is 4.90 Å². The lowest BCUT2D eigenvalue weighted by molar-refractivity contribution is 0.168. The molecule has 2 aromatic heterocycles. The van der Waals surface area contributed by atoms with Crippen molar-refractivity contribution in [3.05, 3.63) is 62.1 Å². The maximum Gasteiger partial charge on any atom is 0.411 e. The smallest absolute Gasteiger partial charge is 0.411 e. The van der Waals surface area contributed by atoms with Crippen LogP contribution >= 0.6 is 11.3 Å². The number of hydrogen-bond acceptors (Lipinski definition) is 6. The van der Waals surface area contributed by atoms with Crippen LogP contribution in [0.4, 0.5) is 10.5 Å². The van der Waals surface area contributed by atoms with Gasteiger partial charge in [0.2, 0.25) is 0 Å². The van der Waals surface area contributed by atoms with Crippen LogP contribution in [0.1, 0.15) is 22.9 Å². The molecule has 1 N–H and O–H groups in total. The maximum absolute atomic E-state index is 12.0. The third-order valence-electron chi connectivity index (χ3n) is 4.63. The molecule has 3 aromatic rings. The van der Waals surface area contributed by atoms with Gasteiger partial charge in [-0.25, -0.2) is 9.59 Å². The third-order valence-corrected chi connectivity index (χ3v) is 5.66.